The summed E-state index contributed by atoms with van der Waals surface area (Å²) in [5, 5.41) is 3.17. The molecule has 0 aliphatic rings. The topological polar surface area (TPSA) is 92.8 Å². The quantitative estimate of drug-likeness (QED) is 0.466. The van der Waals surface area contributed by atoms with Crippen molar-refractivity contribution in [3.63, 3.8) is 0 Å². The van der Waals surface area contributed by atoms with E-state index in [1.165, 1.54) is 25.3 Å². The summed E-state index contributed by atoms with van der Waals surface area (Å²) in [5.74, 6) is -1.12. The van der Waals surface area contributed by atoms with E-state index in [-0.39, 0.29) is 10.5 Å². The molecule has 0 aliphatic heterocycles. The van der Waals surface area contributed by atoms with Gasteiger partial charge in [-0.1, -0.05) is 35.4 Å². The summed E-state index contributed by atoms with van der Waals surface area (Å²) in [6.07, 6.45) is 0. The van der Waals surface area contributed by atoms with Gasteiger partial charge in [0, 0.05) is 10.7 Å². The van der Waals surface area contributed by atoms with E-state index >= 15 is 0 Å². The molecule has 0 aromatic heterocycles. The molecule has 0 saturated heterocycles. The summed E-state index contributed by atoms with van der Waals surface area (Å²) in [4.78, 5) is 25.0. The number of ether oxygens (including phenoxy) is 1. The zero-order valence-electron chi connectivity index (χ0n) is 19.3. The van der Waals surface area contributed by atoms with Gasteiger partial charge in [-0.05, 0) is 74.4 Å². The van der Waals surface area contributed by atoms with Crippen molar-refractivity contribution in [3.05, 3.63) is 87.9 Å². The summed E-state index contributed by atoms with van der Waals surface area (Å²) in [5.41, 5.74) is 3.19. The number of halogens is 1. The number of benzene rings is 3. The van der Waals surface area contributed by atoms with Gasteiger partial charge >= 0.3 is 5.97 Å². The minimum atomic E-state index is -4.07. The van der Waals surface area contributed by atoms with Gasteiger partial charge in [0.05, 0.1) is 23.3 Å². The van der Waals surface area contributed by atoms with Gasteiger partial charge in [0.15, 0.2) is 0 Å². The highest BCUT2D eigenvalue weighted by atomic mass is 35.5. The van der Waals surface area contributed by atoms with Crippen molar-refractivity contribution < 1.29 is 22.7 Å². The van der Waals surface area contributed by atoms with Gasteiger partial charge in [-0.2, -0.15) is 0 Å². The maximum absolute atomic E-state index is 13.6. The summed E-state index contributed by atoms with van der Waals surface area (Å²) in [7, 11) is -2.81. The molecule has 0 spiro atoms. The van der Waals surface area contributed by atoms with E-state index in [2.05, 4.69) is 5.32 Å². The normalized spacial score (nSPS) is 11.1. The second-order valence-electron chi connectivity index (χ2n) is 7.83. The molecule has 0 heterocycles. The molecule has 0 atom stereocenters. The van der Waals surface area contributed by atoms with Crippen LogP contribution >= 0.6 is 11.6 Å². The van der Waals surface area contributed by atoms with Crippen molar-refractivity contribution in [2.24, 2.45) is 0 Å². The first-order valence-electron chi connectivity index (χ1n) is 10.4. The molecule has 3 aromatic carbocycles. The Morgan fingerprint density at radius 1 is 0.941 bits per heavy atom. The zero-order chi connectivity index (χ0) is 25.0. The molecule has 0 bridgehead atoms. The predicted octanol–water partition coefficient (Wildman–Crippen LogP) is 4.89. The van der Waals surface area contributed by atoms with Gasteiger partial charge in [0.25, 0.3) is 10.0 Å². The molecule has 7 nitrogen and oxygen atoms in total. The average Bonchev–Trinajstić information content (AvgIpc) is 2.79. The van der Waals surface area contributed by atoms with Crippen molar-refractivity contribution in [3.8, 4) is 0 Å². The standard InChI is InChI=1S/C25H25ClN2O5S/c1-16-5-10-21(11-6-16)34(31,32)28(23-12-9-20(26)13-18(23)3)15-24(29)27-22-14-19(25(30)33-4)8-7-17(22)2/h5-14H,15H2,1-4H3,(H,27,29). The molecule has 0 saturated carbocycles. The number of anilines is 2. The van der Waals surface area contributed by atoms with Crippen LogP contribution in [0.15, 0.2) is 65.6 Å². The summed E-state index contributed by atoms with van der Waals surface area (Å²) in [6.45, 7) is 4.86. The number of rotatable bonds is 7. The Labute approximate surface area is 204 Å². The molecule has 0 aliphatic carbocycles. The lowest BCUT2D eigenvalue weighted by Gasteiger charge is -2.26. The molecule has 0 fully saturated rings. The number of carbonyl (C=O) groups excluding carboxylic acids is 2. The summed E-state index contributed by atoms with van der Waals surface area (Å²) >= 11 is 6.07. The van der Waals surface area contributed by atoms with Crippen LogP contribution in [-0.2, 0) is 19.6 Å². The molecule has 1 amide bonds. The van der Waals surface area contributed by atoms with Crippen molar-refractivity contribution in [2.75, 3.05) is 23.3 Å². The summed E-state index contributed by atoms with van der Waals surface area (Å²) < 4.78 is 32.9. The van der Waals surface area contributed by atoms with Crippen molar-refractivity contribution >= 4 is 44.9 Å². The molecular formula is C25H25ClN2O5S. The molecule has 3 aromatic rings. The van der Waals surface area contributed by atoms with E-state index < -0.39 is 28.4 Å². The second kappa shape index (κ2) is 10.3. The number of amides is 1. The molecule has 34 heavy (non-hydrogen) atoms. The monoisotopic (exact) mass is 500 g/mol. The van der Waals surface area contributed by atoms with Gasteiger partial charge in [0.2, 0.25) is 5.91 Å². The number of esters is 1. The average molecular weight is 501 g/mol. The number of nitrogens with zero attached hydrogens (tertiary/aromatic N) is 1. The molecule has 9 heteroatoms. The van der Waals surface area contributed by atoms with Gasteiger partial charge in [-0.25, -0.2) is 13.2 Å². The van der Waals surface area contributed by atoms with E-state index in [1.807, 2.05) is 6.92 Å². The van der Waals surface area contributed by atoms with Gasteiger partial charge < -0.3 is 10.1 Å². The molecule has 0 radical (unpaired) electrons. The Bertz CT molecular complexity index is 1340. The van der Waals surface area contributed by atoms with Crippen LogP contribution in [-0.4, -0.2) is 33.9 Å². The largest absolute Gasteiger partial charge is 0.465 e. The molecule has 0 unspecified atom stereocenters. The van der Waals surface area contributed by atoms with Crippen LogP contribution in [0.1, 0.15) is 27.0 Å². The third-order valence-corrected chi connectivity index (χ3v) is 7.27. The van der Waals surface area contributed by atoms with Crippen LogP contribution in [0.4, 0.5) is 11.4 Å². The van der Waals surface area contributed by atoms with E-state index in [1.54, 1.807) is 56.3 Å². The predicted molar refractivity (Wildman–Crippen MR) is 133 cm³/mol. The van der Waals surface area contributed by atoms with Crippen LogP contribution in [0, 0.1) is 20.8 Å². The van der Waals surface area contributed by atoms with Crippen molar-refractivity contribution in [2.45, 2.75) is 25.7 Å². The fourth-order valence-corrected chi connectivity index (χ4v) is 5.07. The Balaban J connectivity index is 1.99. The highest BCUT2D eigenvalue weighted by molar-refractivity contribution is 7.92. The van der Waals surface area contributed by atoms with Crippen molar-refractivity contribution in [1.29, 1.82) is 0 Å². The third kappa shape index (κ3) is 5.58. The number of methoxy groups -OCH3 is 1. The summed E-state index contributed by atoms with van der Waals surface area (Å²) in [6, 6.07) is 15.9. The third-order valence-electron chi connectivity index (χ3n) is 5.26. The van der Waals surface area contributed by atoms with Crippen LogP contribution in [0.5, 0.6) is 0 Å². The first-order valence-corrected chi connectivity index (χ1v) is 12.2. The minimum Gasteiger partial charge on any atom is -0.465 e. The van der Waals surface area contributed by atoms with Crippen molar-refractivity contribution in [1.82, 2.24) is 0 Å². The minimum absolute atomic E-state index is 0.0594. The van der Waals surface area contributed by atoms with Crippen LogP contribution in [0.25, 0.3) is 0 Å². The zero-order valence-corrected chi connectivity index (χ0v) is 20.8. The Kier molecular flexibility index (Phi) is 7.64. The lowest BCUT2D eigenvalue weighted by atomic mass is 10.1. The Morgan fingerprint density at radius 3 is 2.24 bits per heavy atom. The van der Waals surface area contributed by atoms with Gasteiger partial charge in [0.1, 0.15) is 6.54 Å². The number of hydrogen-bond acceptors (Lipinski definition) is 5. The fourth-order valence-electron chi connectivity index (χ4n) is 3.36. The maximum Gasteiger partial charge on any atom is 0.337 e. The van der Waals surface area contributed by atoms with Gasteiger partial charge in [-0.15, -0.1) is 0 Å². The number of aryl methyl sites for hydroxylation is 3. The molecule has 178 valence electrons. The smallest absolute Gasteiger partial charge is 0.337 e. The first kappa shape index (κ1) is 25.3. The molecule has 3 rings (SSSR count). The van der Waals surface area contributed by atoms with Crippen LogP contribution < -0.4 is 9.62 Å². The van der Waals surface area contributed by atoms with Crippen LogP contribution in [0.2, 0.25) is 5.02 Å². The molecule has 1 N–H and O–H groups in total. The molecular weight excluding hydrogens is 476 g/mol. The fraction of sp³-hybridized carbons (Fsp3) is 0.200. The number of carbonyl (C=O) groups is 2. The number of nitrogens with one attached hydrogen (secondary N) is 1. The second-order valence-corrected chi connectivity index (χ2v) is 10.1. The number of sulfonamides is 1. The highest BCUT2D eigenvalue weighted by Gasteiger charge is 2.28. The maximum atomic E-state index is 13.6. The highest BCUT2D eigenvalue weighted by Crippen LogP contribution is 2.29. The Hall–Kier alpha value is -3.36. The van der Waals surface area contributed by atoms with E-state index in [4.69, 9.17) is 16.3 Å². The van der Waals surface area contributed by atoms with Gasteiger partial charge in [-0.3, -0.25) is 9.10 Å². The lowest BCUT2D eigenvalue weighted by Crippen LogP contribution is -2.38. The SMILES string of the molecule is COC(=O)c1ccc(C)c(NC(=O)CN(c2ccc(Cl)cc2C)S(=O)(=O)c2ccc(C)cc2)c1. The van der Waals surface area contributed by atoms with Crippen LogP contribution in [0.3, 0.4) is 0 Å². The van der Waals surface area contributed by atoms with E-state index in [0.717, 1.165) is 9.87 Å². The first-order chi connectivity index (χ1) is 16.0. The van der Waals surface area contributed by atoms with E-state index in [9.17, 15) is 18.0 Å². The number of hydrogen-bond donors (Lipinski definition) is 1. The Morgan fingerprint density at radius 2 is 1.62 bits per heavy atom. The lowest BCUT2D eigenvalue weighted by molar-refractivity contribution is -0.114. The van der Waals surface area contributed by atoms with E-state index in [0.29, 0.717) is 27.5 Å².